The Bertz CT molecular complexity index is 315. The summed E-state index contributed by atoms with van der Waals surface area (Å²) >= 11 is 12.0. The number of nitrogens with two attached hydrogens (primary N) is 1. The molecule has 0 aromatic heterocycles. The second kappa shape index (κ2) is 6.33. The van der Waals surface area contributed by atoms with E-state index in [2.05, 4.69) is 5.32 Å². The van der Waals surface area contributed by atoms with Crippen molar-refractivity contribution in [3.05, 3.63) is 33.8 Å². The van der Waals surface area contributed by atoms with Crippen molar-refractivity contribution in [2.24, 2.45) is 5.73 Å². The zero-order valence-corrected chi connectivity index (χ0v) is 10.3. The summed E-state index contributed by atoms with van der Waals surface area (Å²) < 4.78 is 0. The van der Waals surface area contributed by atoms with Crippen LogP contribution in [0.2, 0.25) is 10.0 Å². The maximum atomic E-state index is 6.13. The number of hydrogen-bond acceptors (Lipinski definition) is 2. The van der Waals surface area contributed by atoms with E-state index >= 15 is 0 Å². The number of rotatable bonds is 5. The Morgan fingerprint density at radius 3 is 2.67 bits per heavy atom. The Balaban J connectivity index is 2.81. The summed E-state index contributed by atoms with van der Waals surface area (Å²) in [5.41, 5.74) is 6.57. The zero-order chi connectivity index (χ0) is 11.3. The molecule has 3 N–H and O–H groups in total. The van der Waals surface area contributed by atoms with Crippen molar-refractivity contribution in [2.45, 2.75) is 18.9 Å². The molecule has 1 atom stereocenters. The average Bonchev–Trinajstić information content (AvgIpc) is 2.21. The van der Waals surface area contributed by atoms with E-state index in [4.69, 9.17) is 28.9 Å². The molecule has 0 spiro atoms. The molecule has 84 valence electrons. The van der Waals surface area contributed by atoms with Crippen LogP contribution >= 0.6 is 23.2 Å². The van der Waals surface area contributed by atoms with E-state index in [1.54, 1.807) is 6.07 Å². The lowest BCUT2D eigenvalue weighted by Crippen LogP contribution is -2.18. The van der Waals surface area contributed by atoms with Gasteiger partial charge in [-0.1, -0.05) is 29.3 Å². The fraction of sp³-hybridized carbons (Fsp3) is 0.455. The third-order valence-electron chi connectivity index (χ3n) is 2.38. The van der Waals surface area contributed by atoms with Crippen molar-refractivity contribution in [3.8, 4) is 0 Å². The Labute approximate surface area is 101 Å². The second-order valence-corrected chi connectivity index (χ2v) is 4.28. The van der Waals surface area contributed by atoms with E-state index < -0.39 is 0 Å². The molecule has 15 heavy (non-hydrogen) atoms. The van der Waals surface area contributed by atoms with Gasteiger partial charge in [-0.2, -0.15) is 0 Å². The second-order valence-electron chi connectivity index (χ2n) is 3.44. The summed E-state index contributed by atoms with van der Waals surface area (Å²) in [4.78, 5) is 0. The van der Waals surface area contributed by atoms with Crippen molar-refractivity contribution < 1.29 is 0 Å². The van der Waals surface area contributed by atoms with Gasteiger partial charge in [0.05, 0.1) is 0 Å². The minimum absolute atomic E-state index is 0.248. The lowest BCUT2D eigenvalue weighted by Gasteiger charge is -2.17. The molecule has 0 aliphatic heterocycles. The molecule has 0 fully saturated rings. The van der Waals surface area contributed by atoms with Crippen LogP contribution in [0, 0.1) is 0 Å². The maximum Gasteiger partial charge on any atom is 0.0468 e. The molecule has 2 nitrogen and oxygen atoms in total. The first kappa shape index (κ1) is 12.8. The predicted molar refractivity (Wildman–Crippen MR) is 66.6 cm³/mol. The fourth-order valence-electron chi connectivity index (χ4n) is 1.56. The molecule has 0 saturated carbocycles. The van der Waals surface area contributed by atoms with Crippen LogP contribution < -0.4 is 11.1 Å². The fourth-order valence-corrected chi connectivity index (χ4v) is 2.10. The minimum atomic E-state index is 0.248. The van der Waals surface area contributed by atoms with Gasteiger partial charge in [-0.05, 0) is 44.1 Å². The largest absolute Gasteiger partial charge is 0.330 e. The molecule has 4 heteroatoms. The molecule has 0 heterocycles. The van der Waals surface area contributed by atoms with Crippen LogP contribution in [0.1, 0.15) is 24.4 Å². The first-order valence-electron chi connectivity index (χ1n) is 5.01. The average molecular weight is 247 g/mol. The highest BCUT2D eigenvalue weighted by atomic mass is 35.5. The van der Waals surface area contributed by atoms with Crippen molar-refractivity contribution in [1.29, 1.82) is 0 Å². The molecule has 1 rings (SSSR count). The third kappa shape index (κ3) is 3.65. The van der Waals surface area contributed by atoms with Gasteiger partial charge < -0.3 is 11.1 Å². The number of nitrogens with one attached hydrogen (secondary N) is 1. The molecule has 0 saturated heterocycles. The van der Waals surface area contributed by atoms with E-state index in [1.165, 1.54) is 0 Å². The normalized spacial score (nSPS) is 12.8. The molecular formula is C11H16Cl2N2. The molecular weight excluding hydrogens is 231 g/mol. The molecule has 1 aromatic rings. The van der Waals surface area contributed by atoms with Crippen LogP contribution in [0.25, 0.3) is 0 Å². The summed E-state index contributed by atoms with van der Waals surface area (Å²) in [5.74, 6) is 0. The van der Waals surface area contributed by atoms with Gasteiger partial charge in [0, 0.05) is 16.1 Å². The third-order valence-corrected chi connectivity index (χ3v) is 2.95. The standard InChI is InChI=1S/C11H16Cl2N2/c1-15-11(3-2-6-14)9-5-4-8(12)7-10(9)13/h4-5,7,11,15H,2-3,6,14H2,1H3. The van der Waals surface area contributed by atoms with Gasteiger partial charge in [0.1, 0.15) is 0 Å². The molecule has 0 aliphatic carbocycles. The van der Waals surface area contributed by atoms with Crippen molar-refractivity contribution >= 4 is 23.2 Å². The minimum Gasteiger partial charge on any atom is -0.330 e. The van der Waals surface area contributed by atoms with E-state index in [-0.39, 0.29) is 6.04 Å². The SMILES string of the molecule is CNC(CCCN)c1ccc(Cl)cc1Cl. The van der Waals surface area contributed by atoms with Gasteiger partial charge in [-0.25, -0.2) is 0 Å². The van der Waals surface area contributed by atoms with Gasteiger partial charge in [0.2, 0.25) is 0 Å². The molecule has 1 unspecified atom stereocenters. The zero-order valence-electron chi connectivity index (χ0n) is 8.76. The van der Waals surface area contributed by atoms with Gasteiger partial charge in [0.25, 0.3) is 0 Å². The van der Waals surface area contributed by atoms with Crippen molar-refractivity contribution in [2.75, 3.05) is 13.6 Å². The van der Waals surface area contributed by atoms with Crippen LogP contribution in [-0.4, -0.2) is 13.6 Å². The number of hydrogen-bond donors (Lipinski definition) is 2. The smallest absolute Gasteiger partial charge is 0.0468 e. The highest BCUT2D eigenvalue weighted by Gasteiger charge is 2.12. The van der Waals surface area contributed by atoms with E-state index in [1.807, 2.05) is 19.2 Å². The van der Waals surface area contributed by atoms with Crippen LogP contribution in [0.4, 0.5) is 0 Å². The lowest BCUT2D eigenvalue weighted by molar-refractivity contribution is 0.531. The van der Waals surface area contributed by atoms with Gasteiger partial charge in [0.15, 0.2) is 0 Å². The van der Waals surface area contributed by atoms with Gasteiger partial charge >= 0.3 is 0 Å². The van der Waals surface area contributed by atoms with Gasteiger partial charge in [-0.15, -0.1) is 0 Å². The maximum absolute atomic E-state index is 6.13. The highest BCUT2D eigenvalue weighted by Crippen LogP contribution is 2.28. The van der Waals surface area contributed by atoms with Crippen LogP contribution in [0.5, 0.6) is 0 Å². The predicted octanol–water partition coefficient (Wildman–Crippen LogP) is 2.99. The lowest BCUT2D eigenvalue weighted by atomic mass is 10.0. The monoisotopic (exact) mass is 246 g/mol. The molecule has 0 bridgehead atoms. The molecule has 0 amide bonds. The van der Waals surface area contributed by atoms with E-state index in [9.17, 15) is 0 Å². The Morgan fingerprint density at radius 2 is 2.13 bits per heavy atom. The van der Waals surface area contributed by atoms with Crippen LogP contribution in [-0.2, 0) is 0 Å². The van der Waals surface area contributed by atoms with E-state index in [0.717, 1.165) is 18.4 Å². The highest BCUT2D eigenvalue weighted by molar-refractivity contribution is 6.35. The van der Waals surface area contributed by atoms with Crippen molar-refractivity contribution in [3.63, 3.8) is 0 Å². The van der Waals surface area contributed by atoms with E-state index in [0.29, 0.717) is 16.6 Å². The Morgan fingerprint density at radius 1 is 1.40 bits per heavy atom. The summed E-state index contributed by atoms with van der Waals surface area (Å²) in [6.07, 6.45) is 1.96. The first-order chi connectivity index (χ1) is 7.19. The number of halogens is 2. The Kier molecular flexibility index (Phi) is 5.40. The Hall–Kier alpha value is -0.280. The summed E-state index contributed by atoms with van der Waals surface area (Å²) in [7, 11) is 1.92. The molecule has 1 aromatic carbocycles. The van der Waals surface area contributed by atoms with Crippen LogP contribution in [0.15, 0.2) is 18.2 Å². The summed E-state index contributed by atoms with van der Waals surface area (Å²) in [5, 5.41) is 4.60. The summed E-state index contributed by atoms with van der Waals surface area (Å²) in [6, 6.07) is 5.83. The van der Waals surface area contributed by atoms with Crippen LogP contribution in [0.3, 0.4) is 0 Å². The van der Waals surface area contributed by atoms with Gasteiger partial charge in [-0.3, -0.25) is 0 Å². The topological polar surface area (TPSA) is 38.0 Å². The van der Waals surface area contributed by atoms with Crippen molar-refractivity contribution in [1.82, 2.24) is 5.32 Å². The number of benzene rings is 1. The quantitative estimate of drug-likeness (QED) is 0.839. The summed E-state index contributed by atoms with van der Waals surface area (Å²) in [6.45, 7) is 0.698. The molecule has 0 aliphatic rings. The molecule has 0 radical (unpaired) electrons. The first-order valence-corrected chi connectivity index (χ1v) is 5.77.